The van der Waals surface area contributed by atoms with E-state index in [1.54, 1.807) is 23.5 Å². The second-order valence-electron chi connectivity index (χ2n) is 7.41. The standard InChI is InChI=1S/C22H28ClN3O4S/c1-29-19-13-18(20(30-2)12-17(19)23)25-21(27)14-26-9-6-15(7-10-26)22(28)24-8-5-16-4-3-11-31-16/h3-4,11-13,15H,5-10,14H2,1-2H3,(H,24,28)(H,25,27). The van der Waals surface area contributed by atoms with Crippen LogP contribution in [0.15, 0.2) is 29.6 Å². The molecule has 0 aliphatic carbocycles. The molecule has 2 aromatic rings. The van der Waals surface area contributed by atoms with E-state index in [2.05, 4.69) is 21.6 Å². The second kappa shape index (κ2) is 11.4. The molecule has 0 unspecified atom stereocenters. The number of likely N-dealkylation sites (tertiary alicyclic amines) is 1. The van der Waals surface area contributed by atoms with Crippen LogP contribution < -0.4 is 20.1 Å². The Balaban J connectivity index is 1.43. The Hall–Kier alpha value is -2.29. The molecule has 0 saturated carbocycles. The molecule has 7 nitrogen and oxygen atoms in total. The van der Waals surface area contributed by atoms with E-state index in [9.17, 15) is 9.59 Å². The Labute approximate surface area is 191 Å². The van der Waals surface area contributed by atoms with Crippen LogP contribution in [0.4, 0.5) is 5.69 Å². The van der Waals surface area contributed by atoms with E-state index < -0.39 is 0 Å². The van der Waals surface area contributed by atoms with Crippen LogP contribution in [-0.2, 0) is 16.0 Å². The number of halogens is 1. The number of thiophene rings is 1. The van der Waals surface area contributed by atoms with E-state index in [4.69, 9.17) is 21.1 Å². The fourth-order valence-electron chi connectivity index (χ4n) is 3.61. The Kier molecular flexibility index (Phi) is 8.57. The van der Waals surface area contributed by atoms with Crippen molar-refractivity contribution in [3.05, 3.63) is 39.5 Å². The summed E-state index contributed by atoms with van der Waals surface area (Å²) in [6, 6.07) is 7.35. The number of benzene rings is 1. The zero-order valence-electron chi connectivity index (χ0n) is 17.8. The topological polar surface area (TPSA) is 79.9 Å². The van der Waals surface area contributed by atoms with Crippen LogP contribution in [0.25, 0.3) is 0 Å². The van der Waals surface area contributed by atoms with Crippen molar-refractivity contribution < 1.29 is 19.1 Å². The minimum atomic E-state index is -0.151. The number of ether oxygens (including phenoxy) is 2. The van der Waals surface area contributed by atoms with Gasteiger partial charge in [-0.15, -0.1) is 11.3 Å². The van der Waals surface area contributed by atoms with Gasteiger partial charge in [0.25, 0.3) is 0 Å². The van der Waals surface area contributed by atoms with E-state index in [0.717, 1.165) is 19.3 Å². The second-order valence-corrected chi connectivity index (χ2v) is 8.85. The molecule has 168 valence electrons. The lowest BCUT2D eigenvalue weighted by Gasteiger charge is -2.30. The Morgan fingerprint density at radius 2 is 1.94 bits per heavy atom. The first-order chi connectivity index (χ1) is 15.0. The van der Waals surface area contributed by atoms with Crippen molar-refractivity contribution in [3.8, 4) is 11.5 Å². The third-order valence-electron chi connectivity index (χ3n) is 5.32. The van der Waals surface area contributed by atoms with Crippen LogP contribution in [-0.4, -0.2) is 57.1 Å². The first kappa shape index (κ1) is 23.4. The number of carbonyl (C=O) groups is 2. The molecule has 1 aromatic carbocycles. The van der Waals surface area contributed by atoms with Gasteiger partial charge in [0.05, 0.1) is 31.5 Å². The number of nitrogens with zero attached hydrogens (tertiary/aromatic N) is 1. The lowest BCUT2D eigenvalue weighted by Crippen LogP contribution is -2.43. The van der Waals surface area contributed by atoms with Crippen molar-refractivity contribution in [3.63, 3.8) is 0 Å². The average Bonchev–Trinajstić information content (AvgIpc) is 3.28. The van der Waals surface area contributed by atoms with Crippen LogP contribution in [0.5, 0.6) is 11.5 Å². The monoisotopic (exact) mass is 465 g/mol. The molecule has 0 bridgehead atoms. The van der Waals surface area contributed by atoms with E-state index in [-0.39, 0.29) is 24.3 Å². The maximum atomic E-state index is 12.5. The average molecular weight is 466 g/mol. The highest BCUT2D eigenvalue weighted by Crippen LogP contribution is 2.35. The number of anilines is 1. The molecule has 31 heavy (non-hydrogen) atoms. The van der Waals surface area contributed by atoms with Gasteiger partial charge in [-0.25, -0.2) is 0 Å². The molecule has 1 aliphatic rings. The molecule has 2 N–H and O–H groups in total. The highest BCUT2D eigenvalue weighted by Gasteiger charge is 2.26. The van der Waals surface area contributed by atoms with E-state index in [0.29, 0.717) is 41.8 Å². The van der Waals surface area contributed by atoms with Gasteiger partial charge in [-0.2, -0.15) is 0 Å². The molecule has 2 heterocycles. The zero-order valence-corrected chi connectivity index (χ0v) is 19.4. The fraction of sp³-hybridized carbons (Fsp3) is 0.455. The summed E-state index contributed by atoms with van der Waals surface area (Å²) in [5.41, 5.74) is 0.508. The normalized spacial score (nSPS) is 14.8. The molecule has 0 atom stereocenters. The van der Waals surface area contributed by atoms with Gasteiger partial charge in [0.2, 0.25) is 11.8 Å². The van der Waals surface area contributed by atoms with E-state index >= 15 is 0 Å². The lowest BCUT2D eigenvalue weighted by molar-refractivity contribution is -0.126. The predicted molar refractivity (Wildman–Crippen MR) is 123 cm³/mol. The van der Waals surface area contributed by atoms with Gasteiger partial charge >= 0.3 is 0 Å². The van der Waals surface area contributed by atoms with Crippen LogP contribution >= 0.6 is 22.9 Å². The number of amides is 2. The minimum Gasteiger partial charge on any atom is -0.495 e. The molecular formula is C22H28ClN3O4S. The van der Waals surface area contributed by atoms with Gasteiger partial charge in [0.1, 0.15) is 11.5 Å². The van der Waals surface area contributed by atoms with Crippen molar-refractivity contribution in [2.24, 2.45) is 5.92 Å². The Bertz CT molecular complexity index is 883. The zero-order chi connectivity index (χ0) is 22.2. The van der Waals surface area contributed by atoms with Crippen molar-refractivity contribution in [1.82, 2.24) is 10.2 Å². The largest absolute Gasteiger partial charge is 0.495 e. The summed E-state index contributed by atoms with van der Waals surface area (Å²) in [6.07, 6.45) is 2.35. The molecule has 2 amide bonds. The molecule has 0 spiro atoms. The van der Waals surface area contributed by atoms with E-state index in [1.807, 2.05) is 11.4 Å². The molecule has 3 rings (SSSR count). The SMILES string of the molecule is COc1cc(NC(=O)CN2CCC(C(=O)NCCc3cccs3)CC2)c(OC)cc1Cl. The third kappa shape index (κ3) is 6.59. The highest BCUT2D eigenvalue weighted by atomic mass is 35.5. The van der Waals surface area contributed by atoms with Crippen molar-refractivity contribution in [1.29, 1.82) is 0 Å². The van der Waals surface area contributed by atoms with Gasteiger partial charge in [0.15, 0.2) is 0 Å². The molecule has 0 radical (unpaired) electrons. The number of hydrogen-bond donors (Lipinski definition) is 2. The summed E-state index contributed by atoms with van der Waals surface area (Å²) in [5.74, 6) is 0.893. The maximum absolute atomic E-state index is 12.5. The van der Waals surface area contributed by atoms with Crippen LogP contribution in [0, 0.1) is 5.92 Å². The summed E-state index contributed by atoms with van der Waals surface area (Å²) in [5, 5.41) is 8.36. The number of nitrogens with one attached hydrogen (secondary N) is 2. The predicted octanol–water partition coefficient (Wildman–Crippen LogP) is 3.43. The van der Waals surface area contributed by atoms with Crippen molar-refractivity contribution in [2.75, 3.05) is 45.7 Å². The van der Waals surface area contributed by atoms with Gasteiger partial charge in [0, 0.05) is 29.5 Å². The number of carbonyl (C=O) groups excluding carboxylic acids is 2. The Morgan fingerprint density at radius 3 is 2.58 bits per heavy atom. The number of rotatable bonds is 9. The number of piperidine rings is 1. The van der Waals surface area contributed by atoms with Crippen molar-refractivity contribution in [2.45, 2.75) is 19.3 Å². The third-order valence-corrected chi connectivity index (χ3v) is 6.56. The Morgan fingerprint density at radius 1 is 1.19 bits per heavy atom. The molecule has 1 saturated heterocycles. The molecule has 1 fully saturated rings. The van der Waals surface area contributed by atoms with Gasteiger partial charge < -0.3 is 20.1 Å². The maximum Gasteiger partial charge on any atom is 0.238 e. The fourth-order valence-corrected chi connectivity index (χ4v) is 4.55. The van der Waals surface area contributed by atoms with Crippen molar-refractivity contribution >= 4 is 40.4 Å². The quantitative estimate of drug-likeness (QED) is 0.593. The van der Waals surface area contributed by atoms with Crippen LogP contribution in [0.3, 0.4) is 0 Å². The van der Waals surface area contributed by atoms with Gasteiger partial charge in [-0.3, -0.25) is 14.5 Å². The molecule has 1 aromatic heterocycles. The first-order valence-electron chi connectivity index (χ1n) is 10.2. The summed E-state index contributed by atoms with van der Waals surface area (Å²) >= 11 is 7.82. The summed E-state index contributed by atoms with van der Waals surface area (Å²) in [4.78, 5) is 28.3. The van der Waals surface area contributed by atoms with Crippen LogP contribution in [0.1, 0.15) is 17.7 Å². The van der Waals surface area contributed by atoms with E-state index in [1.165, 1.54) is 19.1 Å². The summed E-state index contributed by atoms with van der Waals surface area (Å²) in [6.45, 7) is 2.32. The molecular weight excluding hydrogens is 438 g/mol. The van der Waals surface area contributed by atoms with Gasteiger partial charge in [-0.05, 0) is 43.8 Å². The summed E-state index contributed by atoms with van der Waals surface area (Å²) in [7, 11) is 3.03. The summed E-state index contributed by atoms with van der Waals surface area (Å²) < 4.78 is 10.5. The number of methoxy groups -OCH3 is 2. The smallest absolute Gasteiger partial charge is 0.238 e. The first-order valence-corrected chi connectivity index (χ1v) is 11.5. The van der Waals surface area contributed by atoms with Gasteiger partial charge in [-0.1, -0.05) is 17.7 Å². The molecule has 9 heteroatoms. The number of hydrogen-bond acceptors (Lipinski definition) is 6. The van der Waals surface area contributed by atoms with Crippen LogP contribution in [0.2, 0.25) is 5.02 Å². The lowest BCUT2D eigenvalue weighted by atomic mass is 9.96. The minimum absolute atomic E-state index is 0.00303. The highest BCUT2D eigenvalue weighted by molar-refractivity contribution is 7.09. The molecule has 1 aliphatic heterocycles.